The zero-order valence-corrected chi connectivity index (χ0v) is 22.3. The third-order valence-electron chi connectivity index (χ3n) is 5.72. The number of aromatic nitrogens is 2. The van der Waals surface area contributed by atoms with Gasteiger partial charge in [0.15, 0.2) is 0 Å². The lowest BCUT2D eigenvalue weighted by Crippen LogP contribution is -2.17. The second-order valence-corrected chi connectivity index (χ2v) is 11.2. The molecule has 0 spiro atoms. The number of halogens is 1. The van der Waals surface area contributed by atoms with Gasteiger partial charge in [-0.25, -0.2) is 4.98 Å². The van der Waals surface area contributed by atoms with Gasteiger partial charge in [0.2, 0.25) is 0 Å². The minimum Gasteiger partial charge on any atom is -0.427 e. The molecular formula is C29H32BrN3O2. The van der Waals surface area contributed by atoms with E-state index in [1.54, 1.807) is 0 Å². The maximum atomic E-state index is 12.4. The first kappa shape index (κ1) is 25.0. The van der Waals surface area contributed by atoms with Crippen LogP contribution in [0.4, 0.5) is 5.82 Å². The summed E-state index contributed by atoms with van der Waals surface area (Å²) in [6.45, 7) is 9.34. The molecule has 0 saturated carbocycles. The first-order valence-corrected chi connectivity index (χ1v) is 12.7. The average molecular weight is 534 g/mol. The number of benzene rings is 2. The highest BCUT2D eigenvalue weighted by Crippen LogP contribution is 2.32. The molecule has 0 aliphatic carbocycles. The summed E-state index contributed by atoms with van der Waals surface area (Å²) in [5, 5.41) is 3.56. The zero-order valence-electron chi connectivity index (χ0n) is 20.7. The Morgan fingerprint density at radius 2 is 1.77 bits per heavy atom. The van der Waals surface area contributed by atoms with Crippen molar-refractivity contribution >= 4 is 33.4 Å². The molecule has 0 aliphatic rings. The van der Waals surface area contributed by atoms with Crippen molar-refractivity contribution in [3.05, 3.63) is 83.0 Å². The maximum Gasteiger partial charge on any atom is 0.311 e. The van der Waals surface area contributed by atoms with Gasteiger partial charge in [0.05, 0.1) is 0 Å². The summed E-state index contributed by atoms with van der Waals surface area (Å²) in [4.78, 5) is 17.3. The Labute approximate surface area is 215 Å². The number of ether oxygens (including phenoxy) is 1. The van der Waals surface area contributed by atoms with Gasteiger partial charge >= 0.3 is 5.97 Å². The van der Waals surface area contributed by atoms with Gasteiger partial charge in [-0.05, 0) is 75.6 Å². The van der Waals surface area contributed by atoms with E-state index in [-0.39, 0.29) is 17.3 Å². The number of imidazole rings is 1. The summed E-state index contributed by atoms with van der Waals surface area (Å²) < 4.78 is 8.63. The van der Waals surface area contributed by atoms with E-state index < -0.39 is 0 Å². The maximum absolute atomic E-state index is 12.4. The number of fused-ring (bicyclic) bond motifs is 1. The Morgan fingerprint density at radius 1 is 1.06 bits per heavy atom. The molecule has 6 heteroatoms. The number of carbonyl (C=O) groups excluding carboxylic acids is 1. The second kappa shape index (κ2) is 10.6. The Hall–Kier alpha value is -3.12. The van der Waals surface area contributed by atoms with Crippen molar-refractivity contribution in [2.75, 3.05) is 5.32 Å². The van der Waals surface area contributed by atoms with Crippen LogP contribution in [0.15, 0.2) is 77.4 Å². The van der Waals surface area contributed by atoms with E-state index >= 15 is 0 Å². The molecule has 4 rings (SSSR count). The number of pyridine rings is 1. The zero-order chi connectivity index (χ0) is 25.0. The lowest BCUT2D eigenvalue weighted by Gasteiger charge is -2.22. The average Bonchev–Trinajstić information content (AvgIpc) is 3.15. The van der Waals surface area contributed by atoms with E-state index in [1.165, 1.54) is 5.56 Å². The topological polar surface area (TPSA) is 55.6 Å². The van der Waals surface area contributed by atoms with Crippen LogP contribution >= 0.6 is 15.9 Å². The third-order valence-corrected chi connectivity index (χ3v) is 6.19. The number of rotatable bonds is 8. The Kier molecular flexibility index (Phi) is 7.60. The monoisotopic (exact) mass is 533 g/mol. The van der Waals surface area contributed by atoms with E-state index in [0.29, 0.717) is 18.7 Å². The standard InChI is InChI=1S/C29H32BrN3O2/c1-20(17-29(2,3)4)16-26(34)35-24-13-10-22(11-14-24)27-28(31-18-21-8-6-5-7-9-21)33-19-23(30)12-15-25(33)32-27/h5-15,19-20,31H,16-18H2,1-4H3. The fourth-order valence-electron chi connectivity index (χ4n) is 4.43. The van der Waals surface area contributed by atoms with Gasteiger partial charge in [-0.2, -0.15) is 0 Å². The quantitative estimate of drug-likeness (QED) is 0.186. The van der Waals surface area contributed by atoms with Crippen LogP contribution in [-0.4, -0.2) is 15.4 Å². The van der Waals surface area contributed by atoms with Crippen molar-refractivity contribution in [3.8, 4) is 17.0 Å². The predicted octanol–water partition coefficient (Wildman–Crippen LogP) is 7.74. The molecule has 2 aromatic heterocycles. The van der Waals surface area contributed by atoms with E-state index in [2.05, 4.69) is 61.1 Å². The minimum atomic E-state index is -0.197. The molecule has 2 heterocycles. The molecule has 0 amide bonds. The molecule has 182 valence electrons. The Morgan fingerprint density at radius 3 is 2.46 bits per heavy atom. The van der Waals surface area contributed by atoms with Crippen LogP contribution in [-0.2, 0) is 11.3 Å². The largest absolute Gasteiger partial charge is 0.427 e. The molecule has 1 unspecified atom stereocenters. The SMILES string of the molecule is CC(CC(=O)Oc1ccc(-c2nc3ccc(Br)cn3c2NCc2ccccc2)cc1)CC(C)(C)C. The fourth-order valence-corrected chi connectivity index (χ4v) is 4.76. The van der Waals surface area contributed by atoms with Gasteiger partial charge in [0, 0.05) is 29.2 Å². The predicted molar refractivity (Wildman–Crippen MR) is 146 cm³/mol. The van der Waals surface area contributed by atoms with E-state index in [1.807, 2.05) is 65.2 Å². The van der Waals surface area contributed by atoms with Gasteiger partial charge in [-0.3, -0.25) is 9.20 Å². The van der Waals surface area contributed by atoms with E-state index in [0.717, 1.165) is 33.6 Å². The van der Waals surface area contributed by atoms with Gasteiger partial charge in [0.25, 0.3) is 0 Å². The Balaban J connectivity index is 1.53. The van der Waals surface area contributed by atoms with Crippen molar-refractivity contribution in [3.63, 3.8) is 0 Å². The van der Waals surface area contributed by atoms with Crippen molar-refractivity contribution < 1.29 is 9.53 Å². The number of nitrogens with zero attached hydrogens (tertiary/aromatic N) is 2. The molecule has 0 radical (unpaired) electrons. The van der Waals surface area contributed by atoms with Crippen molar-refractivity contribution in [2.24, 2.45) is 11.3 Å². The summed E-state index contributed by atoms with van der Waals surface area (Å²) in [6.07, 6.45) is 3.39. The van der Waals surface area contributed by atoms with Gasteiger partial charge < -0.3 is 10.1 Å². The fraction of sp³-hybridized carbons (Fsp3) is 0.310. The highest BCUT2D eigenvalue weighted by atomic mass is 79.9. The molecule has 1 N–H and O–H groups in total. The third kappa shape index (κ3) is 6.73. The molecule has 0 saturated heterocycles. The van der Waals surface area contributed by atoms with Crippen LogP contribution < -0.4 is 10.1 Å². The van der Waals surface area contributed by atoms with Crippen molar-refractivity contribution in [1.82, 2.24) is 9.38 Å². The minimum absolute atomic E-state index is 0.192. The molecule has 4 aromatic rings. The van der Waals surface area contributed by atoms with Crippen LogP contribution in [0.3, 0.4) is 0 Å². The molecule has 2 aromatic carbocycles. The normalized spacial score (nSPS) is 12.5. The highest BCUT2D eigenvalue weighted by molar-refractivity contribution is 9.10. The number of hydrogen-bond acceptors (Lipinski definition) is 4. The number of esters is 1. The lowest BCUT2D eigenvalue weighted by molar-refractivity contribution is -0.135. The lowest BCUT2D eigenvalue weighted by atomic mass is 9.84. The number of carbonyl (C=O) groups is 1. The summed E-state index contributed by atoms with van der Waals surface area (Å²) in [6, 6.07) is 21.8. The van der Waals surface area contributed by atoms with Crippen molar-refractivity contribution in [1.29, 1.82) is 0 Å². The first-order valence-electron chi connectivity index (χ1n) is 11.9. The van der Waals surface area contributed by atoms with Crippen LogP contribution in [0.25, 0.3) is 16.9 Å². The molecule has 5 nitrogen and oxygen atoms in total. The summed E-state index contributed by atoms with van der Waals surface area (Å²) in [5.74, 6) is 1.53. The van der Waals surface area contributed by atoms with Crippen LogP contribution in [0, 0.1) is 11.3 Å². The Bertz CT molecular complexity index is 1290. The van der Waals surface area contributed by atoms with Gasteiger partial charge in [-0.15, -0.1) is 0 Å². The molecule has 0 aliphatic heterocycles. The first-order chi connectivity index (χ1) is 16.7. The van der Waals surface area contributed by atoms with Crippen LogP contribution in [0.2, 0.25) is 0 Å². The highest BCUT2D eigenvalue weighted by Gasteiger charge is 2.19. The van der Waals surface area contributed by atoms with Gasteiger partial charge in [0.1, 0.15) is 22.9 Å². The summed E-state index contributed by atoms with van der Waals surface area (Å²) in [7, 11) is 0. The van der Waals surface area contributed by atoms with Gasteiger partial charge in [-0.1, -0.05) is 58.0 Å². The molecule has 0 bridgehead atoms. The van der Waals surface area contributed by atoms with Crippen LogP contribution in [0.1, 0.15) is 46.1 Å². The molecule has 1 atom stereocenters. The second-order valence-electron chi connectivity index (χ2n) is 10.3. The number of anilines is 1. The smallest absolute Gasteiger partial charge is 0.311 e. The van der Waals surface area contributed by atoms with E-state index in [4.69, 9.17) is 9.72 Å². The number of nitrogens with one attached hydrogen (secondary N) is 1. The van der Waals surface area contributed by atoms with Crippen molar-refractivity contribution in [2.45, 2.75) is 47.1 Å². The molecular weight excluding hydrogens is 502 g/mol. The van der Waals surface area contributed by atoms with E-state index in [9.17, 15) is 4.79 Å². The number of hydrogen-bond donors (Lipinski definition) is 1. The van der Waals surface area contributed by atoms with Crippen LogP contribution in [0.5, 0.6) is 5.75 Å². The molecule has 35 heavy (non-hydrogen) atoms. The molecule has 0 fully saturated rings. The summed E-state index contributed by atoms with van der Waals surface area (Å²) in [5.41, 5.74) is 4.02. The summed E-state index contributed by atoms with van der Waals surface area (Å²) >= 11 is 3.57.